The molecule has 17 heavy (non-hydrogen) atoms. The van der Waals surface area contributed by atoms with Crippen LogP contribution in [-0.2, 0) is 16.1 Å². The number of aliphatic hydroxyl groups is 3. The van der Waals surface area contributed by atoms with E-state index in [1.165, 1.54) is 0 Å². The number of aliphatic hydroxyl groups excluding tert-OH is 3. The molecule has 1 rings (SSSR count). The van der Waals surface area contributed by atoms with Crippen LogP contribution in [0.5, 0.6) is 0 Å². The van der Waals surface area contributed by atoms with Crippen molar-refractivity contribution in [2.75, 3.05) is 6.61 Å². The molecule has 0 amide bonds. The second-order valence-electron chi connectivity index (χ2n) is 3.64. The molecular weight excluding hydrogens is 224 g/mol. The highest BCUT2D eigenvalue weighted by atomic mass is 16.5. The van der Waals surface area contributed by atoms with Gasteiger partial charge in [0.25, 0.3) is 0 Å². The van der Waals surface area contributed by atoms with Crippen molar-refractivity contribution in [1.29, 1.82) is 0 Å². The van der Waals surface area contributed by atoms with Crippen LogP contribution in [0.1, 0.15) is 5.56 Å². The highest BCUT2D eigenvalue weighted by molar-refractivity contribution is 5.57. The Labute approximate surface area is 99.3 Å². The van der Waals surface area contributed by atoms with Gasteiger partial charge >= 0.3 is 0 Å². The zero-order chi connectivity index (χ0) is 12.7. The van der Waals surface area contributed by atoms with Crippen LogP contribution in [-0.4, -0.2) is 46.5 Å². The maximum absolute atomic E-state index is 10.7. The first-order valence-corrected chi connectivity index (χ1v) is 5.27. The van der Waals surface area contributed by atoms with E-state index in [9.17, 15) is 15.0 Å². The fourth-order valence-corrected chi connectivity index (χ4v) is 1.31. The van der Waals surface area contributed by atoms with Crippen LogP contribution in [0.3, 0.4) is 0 Å². The number of ether oxygens (including phenoxy) is 1. The Hall–Kier alpha value is -1.27. The molecule has 0 aliphatic carbocycles. The van der Waals surface area contributed by atoms with Crippen LogP contribution >= 0.6 is 0 Å². The average molecular weight is 240 g/mol. The summed E-state index contributed by atoms with van der Waals surface area (Å²) < 4.78 is 5.17. The molecule has 0 radical (unpaired) electrons. The predicted molar refractivity (Wildman–Crippen MR) is 60.2 cm³/mol. The molecule has 0 spiro atoms. The first kappa shape index (κ1) is 13.8. The van der Waals surface area contributed by atoms with E-state index in [0.29, 0.717) is 6.29 Å². The van der Waals surface area contributed by atoms with E-state index in [4.69, 9.17) is 9.84 Å². The third-order valence-electron chi connectivity index (χ3n) is 2.34. The lowest BCUT2D eigenvalue weighted by Gasteiger charge is -2.21. The minimum atomic E-state index is -1.43. The second kappa shape index (κ2) is 7.13. The Kier molecular flexibility index (Phi) is 5.79. The number of benzene rings is 1. The van der Waals surface area contributed by atoms with E-state index in [2.05, 4.69) is 0 Å². The summed E-state index contributed by atoms with van der Waals surface area (Å²) in [6.45, 7) is -0.473. The highest BCUT2D eigenvalue weighted by Gasteiger charge is 2.26. The lowest BCUT2D eigenvalue weighted by molar-refractivity contribution is -0.138. The standard InChI is InChI=1S/C12H16O5/c13-6-10(15)12(16)11(7-14)17-8-9-4-2-1-3-5-9/h1-5,7,10-13,15-16H,6,8H2/t10-,11-,12+/m1/s1. The van der Waals surface area contributed by atoms with Crippen molar-refractivity contribution >= 4 is 6.29 Å². The van der Waals surface area contributed by atoms with Gasteiger partial charge in [0, 0.05) is 0 Å². The summed E-state index contributed by atoms with van der Waals surface area (Å²) >= 11 is 0. The van der Waals surface area contributed by atoms with Gasteiger partial charge in [0.15, 0.2) is 6.29 Å². The van der Waals surface area contributed by atoms with Gasteiger partial charge in [-0.05, 0) is 5.56 Å². The zero-order valence-corrected chi connectivity index (χ0v) is 9.27. The molecule has 3 atom stereocenters. The van der Waals surface area contributed by atoms with Gasteiger partial charge in [0.2, 0.25) is 0 Å². The largest absolute Gasteiger partial charge is 0.394 e. The van der Waals surface area contributed by atoms with E-state index < -0.39 is 24.9 Å². The molecule has 1 aromatic carbocycles. The second-order valence-corrected chi connectivity index (χ2v) is 3.64. The Morgan fingerprint density at radius 3 is 2.41 bits per heavy atom. The van der Waals surface area contributed by atoms with Crippen LogP contribution in [0.4, 0.5) is 0 Å². The summed E-state index contributed by atoms with van der Waals surface area (Å²) in [5.74, 6) is 0. The van der Waals surface area contributed by atoms with Crippen molar-refractivity contribution in [3.8, 4) is 0 Å². The number of aldehydes is 1. The molecule has 0 aliphatic heterocycles. The zero-order valence-electron chi connectivity index (χ0n) is 9.27. The molecule has 0 saturated heterocycles. The molecule has 0 aliphatic rings. The number of carbonyl (C=O) groups is 1. The Bertz CT molecular complexity index is 327. The molecule has 0 heterocycles. The molecule has 5 heteroatoms. The fourth-order valence-electron chi connectivity index (χ4n) is 1.31. The summed E-state index contributed by atoms with van der Waals surface area (Å²) in [5, 5.41) is 27.3. The van der Waals surface area contributed by atoms with Crippen LogP contribution in [0, 0.1) is 0 Å². The lowest BCUT2D eigenvalue weighted by Crippen LogP contribution is -2.41. The third-order valence-corrected chi connectivity index (χ3v) is 2.34. The molecule has 0 fully saturated rings. The van der Waals surface area contributed by atoms with E-state index in [0.717, 1.165) is 5.56 Å². The van der Waals surface area contributed by atoms with Crippen molar-refractivity contribution in [3.63, 3.8) is 0 Å². The molecule has 0 saturated carbocycles. The normalized spacial score (nSPS) is 16.2. The average Bonchev–Trinajstić information content (AvgIpc) is 2.39. The van der Waals surface area contributed by atoms with Crippen LogP contribution in [0.15, 0.2) is 30.3 Å². The first-order chi connectivity index (χ1) is 8.19. The SMILES string of the molecule is O=C[C@@H](OCc1ccccc1)[C@@H](O)[C@H](O)CO. The van der Waals surface area contributed by atoms with Gasteiger partial charge in [0.05, 0.1) is 13.2 Å². The van der Waals surface area contributed by atoms with E-state index in [-0.39, 0.29) is 6.61 Å². The number of hydrogen-bond donors (Lipinski definition) is 3. The molecule has 5 nitrogen and oxygen atoms in total. The Morgan fingerprint density at radius 1 is 1.24 bits per heavy atom. The van der Waals surface area contributed by atoms with Gasteiger partial charge in [-0.25, -0.2) is 0 Å². The van der Waals surface area contributed by atoms with Gasteiger partial charge < -0.3 is 24.9 Å². The van der Waals surface area contributed by atoms with Crippen molar-refractivity contribution in [3.05, 3.63) is 35.9 Å². The van der Waals surface area contributed by atoms with Crippen molar-refractivity contribution in [1.82, 2.24) is 0 Å². The minimum Gasteiger partial charge on any atom is -0.394 e. The number of rotatable bonds is 7. The molecule has 3 N–H and O–H groups in total. The smallest absolute Gasteiger partial charge is 0.151 e. The maximum atomic E-state index is 10.7. The monoisotopic (exact) mass is 240 g/mol. The number of carbonyl (C=O) groups excluding carboxylic acids is 1. The molecule has 94 valence electrons. The minimum absolute atomic E-state index is 0.152. The quantitative estimate of drug-likeness (QED) is 0.558. The van der Waals surface area contributed by atoms with E-state index in [1.54, 1.807) is 0 Å². The molecule has 1 aromatic rings. The molecule has 0 bridgehead atoms. The Balaban J connectivity index is 2.50. The van der Waals surface area contributed by atoms with E-state index in [1.807, 2.05) is 30.3 Å². The number of hydrogen-bond acceptors (Lipinski definition) is 5. The first-order valence-electron chi connectivity index (χ1n) is 5.27. The Morgan fingerprint density at radius 2 is 1.88 bits per heavy atom. The lowest BCUT2D eigenvalue weighted by atomic mass is 10.1. The summed E-state index contributed by atoms with van der Waals surface area (Å²) in [7, 11) is 0. The summed E-state index contributed by atoms with van der Waals surface area (Å²) in [5.41, 5.74) is 0.852. The van der Waals surface area contributed by atoms with Crippen molar-refractivity contribution in [2.24, 2.45) is 0 Å². The molecular formula is C12H16O5. The van der Waals surface area contributed by atoms with Gasteiger partial charge in [0.1, 0.15) is 18.3 Å². The predicted octanol–water partition coefficient (Wildman–Crippen LogP) is -0.515. The van der Waals surface area contributed by atoms with Crippen molar-refractivity contribution < 1.29 is 24.9 Å². The van der Waals surface area contributed by atoms with Crippen LogP contribution in [0.2, 0.25) is 0 Å². The molecule has 0 aromatic heterocycles. The fraction of sp³-hybridized carbons (Fsp3) is 0.417. The summed E-state index contributed by atoms with van der Waals surface area (Å²) in [6, 6.07) is 9.14. The van der Waals surface area contributed by atoms with Crippen LogP contribution in [0.25, 0.3) is 0 Å². The van der Waals surface area contributed by atoms with Gasteiger partial charge in [-0.3, -0.25) is 0 Å². The van der Waals surface area contributed by atoms with Gasteiger partial charge in [-0.15, -0.1) is 0 Å². The van der Waals surface area contributed by atoms with Gasteiger partial charge in [-0.1, -0.05) is 30.3 Å². The molecule has 0 unspecified atom stereocenters. The summed E-state index contributed by atoms with van der Waals surface area (Å²) in [4.78, 5) is 10.7. The topological polar surface area (TPSA) is 87.0 Å². The van der Waals surface area contributed by atoms with Gasteiger partial charge in [-0.2, -0.15) is 0 Å². The van der Waals surface area contributed by atoms with E-state index >= 15 is 0 Å². The van der Waals surface area contributed by atoms with Crippen LogP contribution < -0.4 is 0 Å². The highest BCUT2D eigenvalue weighted by Crippen LogP contribution is 2.07. The van der Waals surface area contributed by atoms with Crippen molar-refractivity contribution in [2.45, 2.75) is 24.9 Å². The maximum Gasteiger partial charge on any atom is 0.151 e. The third kappa shape index (κ3) is 4.24. The summed E-state index contributed by atoms with van der Waals surface area (Å²) in [6.07, 6.45) is -3.56.